The van der Waals surface area contributed by atoms with E-state index in [2.05, 4.69) is 15.4 Å². The van der Waals surface area contributed by atoms with Gasteiger partial charge in [0.25, 0.3) is 5.88 Å². The summed E-state index contributed by atoms with van der Waals surface area (Å²) in [5.41, 5.74) is -1.29. The Bertz CT molecular complexity index is 592. The molecule has 100 valence electrons. The van der Waals surface area contributed by atoms with Crippen molar-refractivity contribution in [2.24, 2.45) is 0 Å². The molecule has 0 spiro atoms. The summed E-state index contributed by atoms with van der Waals surface area (Å²) in [6.07, 6.45) is -4.44. The summed E-state index contributed by atoms with van der Waals surface area (Å²) in [6, 6.07) is 3.77. The Hall–Kier alpha value is -2.58. The number of nitrogens with one attached hydrogen (secondary N) is 1. The van der Waals surface area contributed by atoms with Gasteiger partial charge in [0.15, 0.2) is 0 Å². The lowest BCUT2D eigenvalue weighted by molar-refractivity contribution is -0.137. The van der Waals surface area contributed by atoms with E-state index in [0.29, 0.717) is 0 Å². The minimum Gasteiger partial charge on any atom is -0.476 e. The van der Waals surface area contributed by atoms with Crippen molar-refractivity contribution in [1.82, 2.24) is 15.4 Å². The molecule has 9 heteroatoms. The van der Waals surface area contributed by atoms with E-state index in [1.807, 2.05) is 0 Å². The lowest BCUT2D eigenvalue weighted by atomic mass is 10.2. The predicted molar refractivity (Wildman–Crippen MR) is 54.9 cm³/mol. The molecule has 1 aromatic heterocycles. The zero-order valence-corrected chi connectivity index (χ0v) is 9.10. The Morgan fingerprint density at radius 2 is 1.89 bits per heavy atom. The maximum Gasteiger partial charge on any atom is 0.416 e. The Morgan fingerprint density at radius 3 is 2.42 bits per heavy atom. The number of nitrogens with zero attached hydrogens (tertiary/aromatic N) is 2. The third-order valence-corrected chi connectivity index (χ3v) is 2.12. The Morgan fingerprint density at radius 1 is 1.26 bits per heavy atom. The van der Waals surface area contributed by atoms with E-state index >= 15 is 0 Å². The summed E-state index contributed by atoms with van der Waals surface area (Å²) in [5, 5.41) is 17.4. The number of rotatable bonds is 3. The number of alkyl halides is 3. The van der Waals surface area contributed by atoms with Gasteiger partial charge in [-0.3, -0.25) is 0 Å². The van der Waals surface area contributed by atoms with Crippen molar-refractivity contribution in [2.45, 2.75) is 6.18 Å². The van der Waals surface area contributed by atoms with Crippen LogP contribution in [0, 0.1) is 0 Å². The van der Waals surface area contributed by atoms with Gasteiger partial charge in [0.1, 0.15) is 5.75 Å². The van der Waals surface area contributed by atoms with Crippen molar-refractivity contribution in [3.63, 3.8) is 0 Å². The number of aromatic carboxylic acids is 1. The van der Waals surface area contributed by atoms with E-state index in [-0.39, 0.29) is 11.6 Å². The van der Waals surface area contributed by atoms with Gasteiger partial charge in [0, 0.05) is 0 Å². The fraction of sp³-hybridized carbons (Fsp3) is 0.100. The highest BCUT2D eigenvalue weighted by Crippen LogP contribution is 2.31. The maximum absolute atomic E-state index is 12.3. The molecule has 2 rings (SSSR count). The average Bonchev–Trinajstić information content (AvgIpc) is 2.77. The standard InChI is InChI=1S/C10H6F3N3O3/c11-10(12,13)5-1-3-6(4-2-5)19-8-7(9(17)18)14-16-15-8/h1-4H,(H,17,18)(H,14,15,16). The second-order valence-corrected chi connectivity index (χ2v) is 3.42. The molecule has 0 aliphatic heterocycles. The van der Waals surface area contributed by atoms with E-state index < -0.39 is 23.4 Å². The Balaban J connectivity index is 2.20. The van der Waals surface area contributed by atoms with Crippen molar-refractivity contribution in [3.8, 4) is 11.6 Å². The fourth-order valence-electron chi connectivity index (χ4n) is 1.26. The SMILES string of the molecule is O=C(O)c1nn[nH]c1Oc1ccc(C(F)(F)F)cc1. The van der Waals surface area contributed by atoms with Crippen LogP contribution in [0.2, 0.25) is 0 Å². The van der Waals surface area contributed by atoms with Crippen LogP contribution in [0.4, 0.5) is 13.2 Å². The number of carboxylic acid groups (broad SMARTS) is 1. The van der Waals surface area contributed by atoms with E-state index in [1.165, 1.54) is 0 Å². The monoisotopic (exact) mass is 273 g/mol. The van der Waals surface area contributed by atoms with E-state index in [9.17, 15) is 18.0 Å². The van der Waals surface area contributed by atoms with Gasteiger partial charge in [-0.05, 0) is 24.3 Å². The van der Waals surface area contributed by atoms with Gasteiger partial charge in [-0.1, -0.05) is 5.21 Å². The second kappa shape index (κ2) is 4.59. The number of aromatic amines is 1. The van der Waals surface area contributed by atoms with Gasteiger partial charge in [0.05, 0.1) is 5.56 Å². The zero-order valence-electron chi connectivity index (χ0n) is 9.10. The number of carboxylic acids is 1. The van der Waals surface area contributed by atoms with Gasteiger partial charge in [-0.2, -0.15) is 13.2 Å². The summed E-state index contributed by atoms with van der Waals surface area (Å²) < 4.78 is 42.0. The summed E-state index contributed by atoms with van der Waals surface area (Å²) in [5.74, 6) is -1.59. The second-order valence-electron chi connectivity index (χ2n) is 3.42. The van der Waals surface area contributed by atoms with Crippen molar-refractivity contribution < 1.29 is 27.8 Å². The molecule has 2 aromatic rings. The number of halogens is 3. The third-order valence-electron chi connectivity index (χ3n) is 2.12. The van der Waals surface area contributed by atoms with Crippen LogP contribution >= 0.6 is 0 Å². The molecule has 0 saturated carbocycles. The van der Waals surface area contributed by atoms with Gasteiger partial charge in [-0.15, -0.1) is 5.10 Å². The molecule has 2 N–H and O–H groups in total. The average molecular weight is 273 g/mol. The van der Waals surface area contributed by atoms with Crippen LogP contribution < -0.4 is 4.74 Å². The van der Waals surface area contributed by atoms with Crippen molar-refractivity contribution in [2.75, 3.05) is 0 Å². The van der Waals surface area contributed by atoms with Crippen molar-refractivity contribution in [1.29, 1.82) is 0 Å². The molecule has 0 fully saturated rings. The molecule has 0 aliphatic rings. The van der Waals surface area contributed by atoms with Crippen LogP contribution in [-0.4, -0.2) is 26.5 Å². The molecule has 1 aromatic carbocycles. The number of aromatic nitrogens is 3. The van der Waals surface area contributed by atoms with Crippen LogP contribution in [0.15, 0.2) is 24.3 Å². The van der Waals surface area contributed by atoms with Gasteiger partial charge in [0.2, 0.25) is 5.69 Å². The van der Waals surface area contributed by atoms with Crippen LogP contribution in [0.25, 0.3) is 0 Å². The highest BCUT2D eigenvalue weighted by molar-refractivity contribution is 5.87. The minimum absolute atomic E-state index is 0.0292. The Kier molecular flexibility index (Phi) is 3.11. The lowest BCUT2D eigenvalue weighted by Crippen LogP contribution is -2.04. The summed E-state index contributed by atoms with van der Waals surface area (Å²) >= 11 is 0. The molecule has 0 atom stereocenters. The van der Waals surface area contributed by atoms with Crippen molar-refractivity contribution >= 4 is 5.97 Å². The number of H-pyrrole nitrogens is 1. The zero-order chi connectivity index (χ0) is 14.0. The fourth-order valence-corrected chi connectivity index (χ4v) is 1.26. The van der Waals surface area contributed by atoms with E-state index in [4.69, 9.17) is 9.84 Å². The normalized spacial score (nSPS) is 11.3. The molecule has 6 nitrogen and oxygen atoms in total. The molecule has 0 radical (unpaired) electrons. The van der Waals surface area contributed by atoms with Crippen LogP contribution in [-0.2, 0) is 6.18 Å². The number of benzene rings is 1. The minimum atomic E-state index is -4.44. The first-order valence-electron chi connectivity index (χ1n) is 4.87. The number of carbonyl (C=O) groups is 1. The third kappa shape index (κ3) is 2.81. The highest BCUT2D eigenvalue weighted by atomic mass is 19.4. The van der Waals surface area contributed by atoms with E-state index in [1.54, 1.807) is 0 Å². The number of ether oxygens (including phenoxy) is 1. The Labute approximate surface area is 103 Å². The molecule has 0 amide bonds. The summed E-state index contributed by atoms with van der Waals surface area (Å²) in [6.45, 7) is 0. The largest absolute Gasteiger partial charge is 0.476 e. The van der Waals surface area contributed by atoms with E-state index in [0.717, 1.165) is 24.3 Å². The lowest BCUT2D eigenvalue weighted by Gasteiger charge is -2.07. The smallest absolute Gasteiger partial charge is 0.416 e. The first kappa shape index (κ1) is 12.9. The van der Waals surface area contributed by atoms with Gasteiger partial charge >= 0.3 is 12.1 Å². The maximum atomic E-state index is 12.3. The molecule has 0 unspecified atom stereocenters. The van der Waals surface area contributed by atoms with Crippen LogP contribution in [0.1, 0.15) is 16.1 Å². The van der Waals surface area contributed by atoms with Crippen LogP contribution in [0.3, 0.4) is 0 Å². The molecular weight excluding hydrogens is 267 g/mol. The number of hydrogen-bond acceptors (Lipinski definition) is 4. The summed E-state index contributed by atoms with van der Waals surface area (Å²) in [4.78, 5) is 10.7. The molecule has 19 heavy (non-hydrogen) atoms. The quantitative estimate of drug-likeness (QED) is 0.895. The molecular formula is C10H6F3N3O3. The van der Waals surface area contributed by atoms with Crippen LogP contribution in [0.5, 0.6) is 11.6 Å². The molecule has 0 saturated heterocycles. The van der Waals surface area contributed by atoms with Gasteiger partial charge < -0.3 is 9.84 Å². The first-order chi connectivity index (χ1) is 8.88. The molecule has 0 bridgehead atoms. The van der Waals surface area contributed by atoms with Gasteiger partial charge in [-0.25, -0.2) is 9.89 Å². The molecule has 0 aliphatic carbocycles. The summed E-state index contributed by atoms with van der Waals surface area (Å²) in [7, 11) is 0. The highest BCUT2D eigenvalue weighted by Gasteiger charge is 2.30. The molecule has 1 heterocycles. The van der Waals surface area contributed by atoms with Crippen molar-refractivity contribution in [3.05, 3.63) is 35.5 Å². The number of hydrogen-bond donors (Lipinski definition) is 2. The topological polar surface area (TPSA) is 88.1 Å². The predicted octanol–water partition coefficient (Wildman–Crippen LogP) is 2.31. The first-order valence-corrected chi connectivity index (χ1v) is 4.87.